The summed E-state index contributed by atoms with van der Waals surface area (Å²) in [5.74, 6) is 1.27. The van der Waals surface area contributed by atoms with Crippen molar-refractivity contribution in [1.82, 2.24) is 14.6 Å². The van der Waals surface area contributed by atoms with Crippen LogP contribution < -0.4 is 15.4 Å². The number of amides is 1. The molecule has 0 radical (unpaired) electrons. The normalized spacial score (nSPS) is 11.1. The molecule has 2 heterocycles. The molecule has 0 aliphatic carbocycles. The molecule has 8 heteroatoms. The maximum absolute atomic E-state index is 11.6. The first kappa shape index (κ1) is 21.6. The number of hydrogen-bond acceptors (Lipinski definition) is 5. The highest BCUT2D eigenvalue weighted by Gasteiger charge is 2.14. The minimum absolute atomic E-state index is 0.117. The molecule has 164 valence electrons. The molecule has 2 N–H and O–H groups in total. The van der Waals surface area contributed by atoms with Gasteiger partial charge in [0, 0.05) is 28.9 Å². The predicted octanol–water partition coefficient (Wildman–Crippen LogP) is 5.88. The van der Waals surface area contributed by atoms with Crippen molar-refractivity contribution >= 4 is 40.3 Å². The zero-order chi connectivity index (χ0) is 22.8. The van der Waals surface area contributed by atoms with Crippen molar-refractivity contribution in [2.75, 3.05) is 17.7 Å². The van der Waals surface area contributed by atoms with Crippen molar-refractivity contribution in [3.63, 3.8) is 0 Å². The second-order valence-corrected chi connectivity index (χ2v) is 8.18. The third-order valence-electron chi connectivity index (χ3n) is 5.08. The molecule has 0 atom stereocenters. The lowest BCUT2D eigenvalue weighted by Gasteiger charge is -2.15. The maximum Gasteiger partial charge on any atom is 0.245 e. The second-order valence-electron chi connectivity index (χ2n) is 7.74. The van der Waals surface area contributed by atoms with Gasteiger partial charge in [-0.25, -0.2) is 9.50 Å². The number of nitrogens with one attached hydrogen (secondary N) is 2. The van der Waals surface area contributed by atoms with E-state index >= 15 is 0 Å². The summed E-state index contributed by atoms with van der Waals surface area (Å²) < 4.78 is 7.30. The van der Waals surface area contributed by atoms with E-state index in [-0.39, 0.29) is 11.8 Å². The van der Waals surface area contributed by atoms with Gasteiger partial charge in [-0.05, 0) is 53.9 Å². The fraction of sp³-hybridized carbons (Fsp3) is 0.208. The van der Waals surface area contributed by atoms with E-state index in [0.29, 0.717) is 16.7 Å². The third kappa shape index (κ3) is 4.38. The summed E-state index contributed by atoms with van der Waals surface area (Å²) in [4.78, 5) is 16.1. The number of hydrogen-bond donors (Lipinski definition) is 2. The molecular weight excluding hydrogens is 426 g/mol. The second kappa shape index (κ2) is 8.88. The van der Waals surface area contributed by atoms with Crippen LogP contribution >= 0.6 is 11.6 Å². The zero-order valence-electron chi connectivity index (χ0n) is 18.3. The number of rotatable bonds is 6. The molecule has 0 aliphatic rings. The number of ether oxygens (including phenoxy) is 1. The summed E-state index contributed by atoms with van der Waals surface area (Å²) in [5, 5.41) is 11.4. The number of aromatic nitrogens is 3. The molecule has 2 aromatic carbocycles. The van der Waals surface area contributed by atoms with Gasteiger partial charge >= 0.3 is 0 Å². The molecule has 2 aromatic heterocycles. The summed E-state index contributed by atoms with van der Waals surface area (Å²) >= 11 is 6.23. The first-order valence-corrected chi connectivity index (χ1v) is 10.6. The quantitative estimate of drug-likeness (QED) is 0.384. The van der Waals surface area contributed by atoms with Gasteiger partial charge in [0.2, 0.25) is 11.9 Å². The average molecular weight is 450 g/mol. The van der Waals surface area contributed by atoms with Crippen molar-refractivity contribution in [2.24, 2.45) is 0 Å². The van der Waals surface area contributed by atoms with Crippen LogP contribution in [0.4, 0.5) is 17.3 Å². The first-order chi connectivity index (χ1) is 15.4. The molecule has 0 unspecified atom stereocenters. The molecule has 32 heavy (non-hydrogen) atoms. The van der Waals surface area contributed by atoms with Gasteiger partial charge in [0.15, 0.2) is 0 Å². The molecule has 1 amide bonds. The van der Waals surface area contributed by atoms with Crippen molar-refractivity contribution < 1.29 is 9.53 Å². The van der Waals surface area contributed by atoms with Crippen molar-refractivity contribution in [1.29, 1.82) is 0 Å². The molecule has 7 nitrogen and oxygen atoms in total. The van der Waals surface area contributed by atoms with Crippen LogP contribution in [0.15, 0.2) is 54.7 Å². The molecule has 0 spiro atoms. The van der Waals surface area contributed by atoms with Gasteiger partial charge in [-0.2, -0.15) is 0 Å². The van der Waals surface area contributed by atoms with E-state index in [1.54, 1.807) is 23.9 Å². The van der Waals surface area contributed by atoms with Gasteiger partial charge < -0.3 is 15.4 Å². The molecule has 0 saturated heterocycles. The van der Waals surface area contributed by atoms with Gasteiger partial charge in [0.25, 0.3) is 0 Å². The summed E-state index contributed by atoms with van der Waals surface area (Å²) in [6.45, 7) is 5.67. The van der Waals surface area contributed by atoms with Crippen LogP contribution in [0.1, 0.15) is 32.3 Å². The third-order valence-corrected chi connectivity index (χ3v) is 5.31. The Morgan fingerprint density at radius 2 is 1.94 bits per heavy atom. The number of halogens is 1. The minimum atomic E-state index is -0.117. The highest BCUT2D eigenvalue weighted by atomic mass is 35.5. The molecule has 0 fully saturated rings. The van der Waals surface area contributed by atoms with Gasteiger partial charge in [0.1, 0.15) is 5.75 Å². The smallest absolute Gasteiger partial charge is 0.245 e. The van der Waals surface area contributed by atoms with E-state index in [9.17, 15) is 4.79 Å². The predicted molar refractivity (Wildman–Crippen MR) is 128 cm³/mol. The van der Waals surface area contributed by atoms with Crippen LogP contribution in [0.25, 0.3) is 16.8 Å². The van der Waals surface area contributed by atoms with E-state index in [4.69, 9.17) is 16.3 Å². The first-order valence-electron chi connectivity index (χ1n) is 10.2. The van der Waals surface area contributed by atoms with E-state index in [2.05, 4.69) is 34.6 Å². The molecule has 0 aliphatic heterocycles. The van der Waals surface area contributed by atoms with Gasteiger partial charge in [-0.3, -0.25) is 4.79 Å². The molecule has 4 aromatic rings. The summed E-state index contributed by atoms with van der Waals surface area (Å²) in [6.07, 6.45) is 1.74. The van der Waals surface area contributed by atoms with Gasteiger partial charge in [0.05, 0.1) is 24.5 Å². The zero-order valence-corrected chi connectivity index (χ0v) is 19.1. The Morgan fingerprint density at radius 1 is 1.12 bits per heavy atom. The van der Waals surface area contributed by atoms with Crippen LogP contribution in [0.3, 0.4) is 0 Å². The largest absolute Gasteiger partial charge is 0.496 e. The number of carbonyl (C=O) groups is 1. The van der Waals surface area contributed by atoms with Crippen LogP contribution in [0, 0.1) is 0 Å². The summed E-state index contributed by atoms with van der Waals surface area (Å²) in [5.41, 5.74) is 5.10. The summed E-state index contributed by atoms with van der Waals surface area (Å²) in [7, 11) is 1.62. The van der Waals surface area contributed by atoms with E-state index in [1.807, 2.05) is 42.5 Å². The molecule has 0 saturated carbocycles. The lowest BCUT2D eigenvalue weighted by Crippen LogP contribution is -2.09. The standard InChI is InChI=1S/C24H24ClN5O2/c1-14(2)19-8-6-17(12-21(19)27-15(3)31)28-24-26-13-18-7-9-22(30(18)29-24)20-11-16(25)5-10-23(20)32-4/h5-14H,1-4H3,(H,27,31)(H,28,29). The fourth-order valence-electron chi connectivity index (χ4n) is 3.61. The van der Waals surface area contributed by atoms with Gasteiger partial charge in [-0.15, -0.1) is 5.10 Å². The SMILES string of the molecule is COc1ccc(Cl)cc1-c1ccc2cnc(Nc3ccc(C(C)C)c(NC(C)=O)c3)nn12. The topological polar surface area (TPSA) is 80.5 Å². The Balaban J connectivity index is 1.72. The van der Waals surface area contributed by atoms with Crippen LogP contribution in [-0.4, -0.2) is 27.6 Å². The van der Waals surface area contributed by atoms with Crippen LogP contribution in [-0.2, 0) is 4.79 Å². The lowest BCUT2D eigenvalue weighted by molar-refractivity contribution is -0.114. The number of nitrogens with zero attached hydrogens (tertiary/aromatic N) is 3. The Hall–Kier alpha value is -3.58. The Kier molecular flexibility index (Phi) is 6.01. The number of fused-ring (bicyclic) bond motifs is 1. The Bertz CT molecular complexity index is 1300. The van der Waals surface area contributed by atoms with Crippen LogP contribution in [0.2, 0.25) is 5.02 Å². The molecule has 0 bridgehead atoms. The average Bonchev–Trinajstić information content (AvgIpc) is 3.16. The number of carbonyl (C=O) groups excluding carboxylic acids is 1. The molecular formula is C24H24ClN5O2. The minimum Gasteiger partial charge on any atom is -0.496 e. The molecule has 4 rings (SSSR count). The fourth-order valence-corrected chi connectivity index (χ4v) is 3.78. The van der Waals surface area contributed by atoms with Gasteiger partial charge in [-0.1, -0.05) is 31.5 Å². The lowest BCUT2D eigenvalue weighted by atomic mass is 10.0. The van der Waals surface area contributed by atoms with Crippen molar-refractivity contribution in [3.05, 3.63) is 65.3 Å². The highest BCUT2D eigenvalue weighted by molar-refractivity contribution is 6.31. The monoisotopic (exact) mass is 449 g/mol. The number of anilines is 3. The highest BCUT2D eigenvalue weighted by Crippen LogP contribution is 2.34. The van der Waals surface area contributed by atoms with Crippen molar-refractivity contribution in [2.45, 2.75) is 26.7 Å². The van der Waals surface area contributed by atoms with Crippen molar-refractivity contribution in [3.8, 4) is 17.0 Å². The van der Waals surface area contributed by atoms with Crippen LogP contribution in [0.5, 0.6) is 5.75 Å². The maximum atomic E-state index is 11.6. The summed E-state index contributed by atoms with van der Waals surface area (Å²) in [6, 6.07) is 15.2. The van der Waals surface area contributed by atoms with E-state index in [1.165, 1.54) is 6.92 Å². The van der Waals surface area contributed by atoms with E-state index < -0.39 is 0 Å². The number of methoxy groups -OCH3 is 1. The Labute approximate surface area is 191 Å². The number of benzene rings is 2. The van der Waals surface area contributed by atoms with E-state index in [0.717, 1.165) is 33.7 Å². The Morgan fingerprint density at radius 3 is 2.66 bits per heavy atom.